The van der Waals surface area contributed by atoms with Gasteiger partial charge in [0.1, 0.15) is 5.75 Å². The van der Waals surface area contributed by atoms with Gasteiger partial charge in [0.15, 0.2) is 5.75 Å². The number of nitrogens with one attached hydrogen (secondary N) is 1. The van der Waals surface area contributed by atoms with Gasteiger partial charge in [0, 0.05) is 6.54 Å². The van der Waals surface area contributed by atoms with E-state index in [1.807, 2.05) is 0 Å². The van der Waals surface area contributed by atoms with Gasteiger partial charge in [-0.15, -0.1) is 0 Å². The first-order valence-electron chi connectivity index (χ1n) is 6.87. The molecule has 0 bridgehead atoms. The lowest BCUT2D eigenvalue weighted by Gasteiger charge is -2.17. The minimum atomic E-state index is -4.49. The highest BCUT2D eigenvalue weighted by Gasteiger charge is 2.31. The molecule has 0 heterocycles. The number of benzene rings is 2. The van der Waals surface area contributed by atoms with Gasteiger partial charge < -0.3 is 20.3 Å². The van der Waals surface area contributed by atoms with Crippen LogP contribution in [0.3, 0.4) is 0 Å². The highest BCUT2D eigenvalue weighted by atomic mass is 19.4. The fourth-order valence-corrected chi connectivity index (χ4v) is 1.84. The van der Waals surface area contributed by atoms with Crippen molar-refractivity contribution in [2.75, 3.05) is 18.5 Å². The van der Waals surface area contributed by atoms with Crippen molar-refractivity contribution in [1.82, 2.24) is 0 Å². The lowest BCUT2D eigenvalue weighted by molar-refractivity contribution is -0.137. The monoisotopic (exact) mass is 327 g/mol. The predicted molar refractivity (Wildman–Crippen MR) is 79.5 cm³/mol. The van der Waals surface area contributed by atoms with Gasteiger partial charge in [0.2, 0.25) is 0 Å². The van der Waals surface area contributed by atoms with Crippen LogP contribution >= 0.6 is 0 Å². The summed E-state index contributed by atoms with van der Waals surface area (Å²) in [4.78, 5) is 0. The number of alkyl halides is 3. The third-order valence-electron chi connectivity index (χ3n) is 3.02. The van der Waals surface area contributed by atoms with Gasteiger partial charge in [-0.25, -0.2) is 0 Å². The van der Waals surface area contributed by atoms with E-state index in [2.05, 4.69) is 5.32 Å². The standard InChI is InChI=1S/C16H16F3NO3/c17-16(18,19)11-6-7-15(23-13-4-2-1-3-5-13)14(8-11)20-9-12(22)10-21/h1-8,12,20-22H,9-10H2. The molecule has 124 valence electrons. The van der Waals surface area contributed by atoms with Crippen molar-refractivity contribution in [2.24, 2.45) is 0 Å². The van der Waals surface area contributed by atoms with E-state index in [0.717, 1.165) is 12.1 Å². The van der Waals surface area contributed by atoms with E-state index in [0.29, 0.717) is 5.75 Å². The number of aliphatic hydroxyl groups is 2. The molecule has 0 radical (unpaired) electrons. The summed E-state index contributed by atoms with van der Waals surface area (Å²) in [6.45, 7) is -0.607. The molecule has 3 N–H and O–H groups in total. The Morgan fingerprint density at radius 2 is 1.78 bits per heavy atom. The third-order valence-corrected chi connectivity index (χ3v) is 3.02. The van der Waals surface area contributed by atoms with Crippen molar-refractivity contribution >= 4 is 5.69 Å². The summed E-state index contributed by atoms with van der Waals surface area (Å²) >= 11 is 0. The quantitative estimate of drug-likeness (QED) is 0.762. The first kappa shape index (κ1) is 17.1. The molecule has 1 unspecified atom stereocenters. The van der Waals surface area contributed by atoms with Crippen molar-refractivity contribution in [2.45, 2.75) is 12.3 Å². The average molecular weight is 327 g/mol. The molecule has 2 rings (SSSR count). The second kappa shape index (κ2) is 7.34. The Hall–Kier alpha value is -2.25. The molecule has 0 aromatic heterocycles. The summed E-state index contributed by atoms with van der Waals surface area (Å²) < 4.78 is 44.1. The predicted octanol–water partition coefficient (Wildman–Crippen LogP) is 3.26. The summed E-state index contributed by atoms with van der Waals surface area (Å²) in [7, 11) is 0. The largest absolute Gasteiger partial charge is 0.455 e. The van der Waals surface area contributed by atoms with Crippen LogP contribution in [0.25, 0.3) is 0 Å². The summed E-state index contributed by atoms with van der Waals surface area (Å²) in [5.74, 6) is 0.660. The maximum atomic E-state index is 12.8. The number of rotatable bonds is 6. The van der Waals surface area contributed by atoms with Gasteiger partial charge in [-0.1, -0.05) is 18.2 Å². The highest BCUT2D eigenvalue weighted by Crippen LogP contribution is 2.36. The van der Waals surface area contributed by atoms with Crippen LogP contribution in [0.1, 0.15) is 5.56 Å². The van der Waals surface area contributed by atoms with Crippen LogP contribution in [0.15, 0.2) is 48.5 Å². The van der Waals surface area contributed by atoms with E-state index in [9.17, 15) is 18.3 Å². The summed E-state index contributed by atoms with van der Waals surface area (Å²) in [6, 6.07) is 11.6. The Labute approximate surface area is 131 Å². The Bertz CT molecular complexity index is 632. The zero-order valence-corrected chi connectivity index (χ0v) is 12.0. The zero-order chi connectivity index (χ0) is 16.9. The first-order valence-corrected chi connectivity index (χ1v) is 6.87. The Morgan fingerprint density at radius 1 is 1.09 bits per heavy atom. The van der Waals surface area contributed by atoms with Gasteiger partial charge in [0.05, 0.1) is 24.0 Å². The van der Waals surface area contributed by atoms with Crippen LogP contribution in [-0.2, 0) is 6.18 Å². The van der Waals surface area contributed by atoms with Gasteiger partial charge in [0.25, 0.3) is 0 Å². The summed E-state index contributed by atoms with van der Waals surface area (Å²) in [6.07, 6.45) is -5.58. The molecule has 2 aromatic rings. The van der Waals surface area contributed by atoms with Crippen molar-refractivity contribution < 1.29 is 28.1 Å². The molecule has 0 aliphatic heterocycles. The molecule has 0 aliphatic carbocycles. The summed E-state index contributed by atoms with van der Waals surface area (Å²) in [5, 5.41) is 20.8. The van der Waals surface area contributed by atoms with Crippen molar-refractivity contribution in [3.63, 3.8) is 0 Å². The first-order chi connectivity index (χ1) is 10.9. The Kier molecular flexibility index (Phi) is 5.46. The van der Waals surface area contributed by atoms with Crippen LogP contribution in [-0.4, -0.2) is 29.5 Å². The number of hydrogen-bond acceptors (Lipinski definition) is 4. The number of halogens is 3. The van der Waals surface area contributed by atoms with Gasteiger partial charge in [-0.05, 0) is 30.3 Å². The minimum absolute atomic E-state index is 0.0798. The van der Waals surface area contributed by atoms with Gasteiger partial charge in [-0.2, -0.15) is 13.2 Å². The molecular weight excluding hydrogens is 311 g/mol. The molecule has 0 amide bonds. The van der Waals surface area contributed by atoms with E-state index < -0.39 is 24.5 Å². The normalized spacial score (nSPS) is 12.7. The maximum absolute atomic E-state index is 12.8. The van der Waals surface area contributed by atoms with Gasteiger partial charge >= 0.3 is 6.18 Å². The number of aliphatic hydroxyl groups excluding tert-OH is 2. The van der Waals surface area contributed by atoms with Crippen molar-refractivity contribution in [1.29, 1.82) is 0 Å². The van der Waals surface area contributed by atoms with Crippen molar-refractivity contribution in [3.05, 3.63) is 54.1 Å². The smallest absolute Gasteiger partial charge is 0.416 e. The van der Waals surface area contributed by atoms with Crippen LogP contribution in [0, 0.1) is 0 Å². The van der Waals surface area contributed by atoms with Gasteiger partial charge in [-0.3, -0.25) is 0 Å². The van der Waals surface area contributed by atoms with E-state index in [-0.39, 0.29) is 18.0 Å². The third kappa shape index (κ3) is 4.87. The summed E-state index contributed by atoms with van der Waals surface area (Å²) in [5.41, 5.74) is -0.755. The number of anilines is 1. The molecule has 0 aliphatic rings. The molecule has 4 nitrogen and oxygen atoms in total. The molecule has 0 saturated carbocycles. The molecule has 2 aromatic carbocycles. The molecule has 0 spiro atoms. The van der Waals surface area contributed by atoms with Crippen LogP contribution in [0.5, 0.6) is 11.5 Å². The van der Waals surface area contributed by atoms with E-state index >= 15 is 0 Å². The van der Waals surface area contributed by atoms with Crippen LogP contribution in [0.2, 0.25) is 0 Å². The second-order valence-corrected chi connectivity index (χ2v) is 4.84. The lowest BCUT2D eigenvalue weighted by Crippen LogP contribution is -2.23. The average Bonchev–Trinajstić information content (AvgIpc) is 2.53. The van der Waals surface area contributed by atoms with Crippen molar-refractivity contribution in [3.8, 4) is 11.5 Å². The van der Waals surface area contributed by atoms with E-state index in [1.54, 1.807) is 30.3 Å². The molecule has 0 fully saturated rings. The molecule has 7 heteroatoms. The second-order valence-electron chi connectivity index (χ2n) is 4.84. The number of ether oxygens (including phenoxy) is 1. The minimum Gasteiger partial charge on any atom is -0.455 e. The maximum Gasteiger partial charge on any atom is 0.416 e. The lowest BCUT2D eigenvalue weighted by atomic mass is 10.1. The Morgan fingerprint density at radius 3 is 2.39 bits per heavy atom. The van der Waals surface area contributed by atoms with E-state index in [4.69, 9.17) is 9.84 Å². The zero-order valence-electron chi connectivity index (χ0n) is 12.0. The molecule has 0 saturated heterocycles. The molecular formula is C16H16F3NO3. The topological polar surface area (TPSA) is 61.7 Å². The fraction of sp³-hybridized carbons (Fsp3) is 0.250. The Balaban J connectivity index is 2.28. The molecule has 23 heavy (non-hydrogen) atoms. The molecule has 1 atom stereocenters. The fourth-order valence-electron chi connectivity index (χ4n) is 1.84. The number of hydrogen-bond donors (Lipinski definition) is 3. The number of para-hydroxylation sites is 1. The van der Waals surface area contributed by atoms with E-state index in [1.165, 1.54) is 6.07 Å². The SMILES string of the molecule is OCC(O)CNc1cc(C(F)(F)F)ccc1Oc1ccccc1. The van der Waals surface area contributed by atoms with Crippen LogP contribution < -0.4 is 10.1 Å². The van der Waals surface area contributed by atoms with Crippen LogP contribution in [0.4, 0.5) is 18.9 Å². The highest BCUT2D eigenvalue weighted by molar-refractivity contribution is 5.59.